The van der Waals surface area contributed by atoms with Crippen LogP contribution in [0.1, 0.15) is 40.3 Å². The van der Waals surface area contributed by atoms with Crippen LogP contribution in [0.15, 0.2) is 17.6 Å². The molecule has 0 N–H and O–H groups in total. The van der Waals surface area contributed by atoms with Gasteiger partial charge in [-0.15, -0.1) is 10.2 Å². The summed E-state index contributed by atoms with van der Waals surface area (Å²) < 4.78 is 12.1. The number of carbonyl (C=O) groups is 1. The Kier molecular flexibility index (Phi) is 5.56. The Morgan fingerprint density at radius 2 is 1.87 bits per heavy atom. The number of aromatic nitrogens is 2. The number of nitrogens with zero attached hydrogens (tertiary/aromatic N) is 2. The topological polar surface area (TPSA) is 61.3 Å². The minimum absolute atomic E-state index is 0.0367. The average molecular weight is 355 g/mol. The third-order valence-corrected chi connectivity index (χ3v) is 5.07. The molecule has 124 valence electrons. The van der Waals surface area contributed by atoms with Gasteiger partial charge in [0.15, 0.2) is 10.3 Å². The van der Waals surface area contributed by atoms with E-state index in [1.165, 1.54) is 18.7 Å². The van der Waals surface area contributed by atoms with E-state index in [1.54, 1.807) is 12.1 Å². The van der Waals surface area contributed by atoms with Gasteiger partial charge in [-0.1, -0.05) is 23.4 Å². The van der Waals surface area contributed by atoms with Crippen molar-refractivity contribution in [3.8, 4) is 0 Å². The number of rotatable bonds is 4. The van der Waals surface area contributed by atoms with Crippen molar-refractivity contribution in [2.45, 2.75) is 45.8 Å². The summed E-state index contributed by atoms with van der Waals surface area (Å²) in [6.45, 7) is 9.50. The van der Waals surface area contributed by atoms with Crippen molar-refractivity contribution in [1.29, 1.82) is 0 Å². The predicted molar refractivity (Wildman–Crippen MR) is 94.2 cm³/mol. The standard InChI is InChI=1S/C15H20BClN2O3S/c1-10(20)23-9-11(8-12-6-7-13(17)19-18-12)16-21-14(2,3)15(4,5)22-16/h6-8H,9H2,1-5H3. The molecule has 0 unspecified atom stereocenters. The molecule has 0 radical (unpaired) electrons. The normalized spacial score (nSPS) is 19.9. The molecule has 0 atom stereocenters. The van der Waals surface area contributed by atoms with E-state index >= 15 is 0 Å². The summed E-state index contributed by atoms with van der Waals surface area (Å²) in [5.74, 6) is 0.469. The smallest absolute Gasteiger partial charge is 0.400 e. The van der Waals surface area contributed by atoms with Crippen LogP contribution in [0, 0.1) is 0 Å². The van der Waals surface area contributed by atoms with E-state index in [0.717, 1.165) is 5.47 Å². The first-order chi connectivity index (χ1) is 10.6. The third-order valence-electron chi connectivity index (χ3n) is 3.98. The van der Waals surface area contributed by atoms with Gasteiger partial charge < -0.3 is 9.31 Å². The van der Waals surface area contributed by atoms with Gasteiger partial charge in [-0.05, 0) is 51.4 Å². The molecule has 0 amide bonds. The van der Waals surface area contributed by atoms with E-state index in [-0.39, 0.29) is 5.12 Å². The summed E-state index contributed by atoms with van der Waals surface area (Å²) in [6.07, 6.45) is 1.83. The number of carbonyl (C=O) groups excluding carboxylic acids is 1. The largest absolute Gasteiger partial charge is 0.491 e. The maximum Gasteiger partial charge on any atom is 0.491 e. The van der Waals surface area contributed by atoms with Gasteiger partial charge in [-0.2, -0.15) is 0 Å². The number of thioether (sulfide) groups is 1. The Hall–Kier alpha value is -0.885. The van der Waals surface area contributed by atoms with E-state index in [2.05, 4.69) is 10.2 Å². The fraction of sp³-hybridized carbons (Fsp3) is 0.533. The molecule has 0 aromatic carbocycles. The molecule has 1 saturated heterocycles. The maximum atomic E-state index is 11.3. The predicted octanol–water partition coefficient (Wildman–Crippen LogP) is 3.42. The Morgan fingerprint density at radius 1 is 1.26 bits per heavy atom. The molecule has 2 heterocycles. The first kappa shape index (κ1) is 18.5. The fourth-order valence-electron chi connectivity index (χ4n) is 1.95. The average Bonchev–Trinajstić information content (AvgIpc) is 2.65. The Labute approximate surface area is 146 Å². The van der Waals surface area contributed by atoms with E-state index in [1.807, 2.05) is 33.8 Å². The molecule has 0 saturated carbocycles. The van der Waals surface area contributed by atoms with Gasteiger partial charge in [0.05, 0.1) is 16.9 Å². The van der Waals surface area contributed by atoms with Crippen LogP contribution in [0.25, 0.3) is 6.08 Å². The molecule has 1 aliphatic heterocycles. The molecule has 1 fully saturated rings. The van der Waals surface area contributed by atoms with Gasteiger partial charge in [0, 0.05) is 12.7 Å². The van der Waals surface area contributed by atoms with Gasteiger partial charge >= 0.3 is 7.12 Å². The van der Waals surface area contributed by atoms with Crippen LogP contribution in [0.4, 0.5) is 0 Å². The SMILES string of the molecule is CC(=O)SCC(=Cc1ccc(Cl)nn1)B1OC(C)(C)C(C)(C)O1. The Balaban J connectivity index is 2.28. The van der Waals surface area contributed by atoms with Crippen molar-refractivity contribution in [1.82, 2.24) is 10.2 Å². The van der Waals surface area contributed by atoms with Crippen molar-refractivity contribution in [3.05, 3.63) is 28.5 Å². The van der Waals surface area contributed by atoms with Crippen LogP contribution < -0.4 is 0 Å². The maximum absolute atomic E-state index is 11.3. The van der Waals surface area contributed by atoms with E-state index in [9.17, 15) is 4.79 Å². The van der Waals surface area contributed by atoms with E-state index < -0.39 is 18.3 Å². The second-order valence-corrected chi connectivity index (χ2v) is 7.91. The van der Waals surface area contributed by atoms with E-state index in [4.69, 9.17) is 20.9 Å². The molecule has 0 aliphatic carbocycles. The molecule has 8 heteroatoms. The number of halogens is 1. The quantitative estimate of drug-likeness (QED) is 0.772. The lowest BCUT2D eigenvalue weighted by molar-refractivity contribution is -0.109. The van der Waals surface area contributed by atoms with Gasteiger partial charge in [0.1, 0.15) is 0 Å². The number of hydrogen-bond donors (Lipinski definition) is 0. The highest BCUT2D eigenvalue weighted by Crippen LogP contribution is 2.39. The van der Waals surface area contributed by atoms with Gasteiger partial charge in [0.2, 0.25) is 0 Å². The van der Waals surface area contributed by atoms with Crippen molar-refractivity contribution in [2.75, 3.05) is 5.75 Å². The summed E-state index contributed by atoms with van der Waals surface area (Å²) in [5.41, 5.74) is 0.593. The first-order valence-corrected chi connectivity index (χ1v) is 8.66. The molecule has 5 nitrogen and oxygen atoms in total. The van der Waals surface area contributed by atoms with Crippen molar-refractivity contribution >= 4 is 41.7 Å². The fourth-order valence-corrected chi connectivity index (χ4v) is 2.64. The summed E-state index contributed by atoms with van der Waals surface area (Å²) in [6, 6.07) is 3.43. The zero-order chi connectivity index (χ0) is 17.3. The van der Waals surface area contributed by atoms with Crippen LogP contribution in [-0.4, -0.2) is 39.4 Å². The summed E-state index contributed by atoms with van der Waals surface area (Å²) in [4.78, 5) is 11.3. The molecule has 1 aliphatic rings. The van der Waals surface area contributed by atoms with Crippen LogP contribution in [0.5, 0.6) is 0 Å². The Morgan fingerprint density at radius 3 is 2.35 bits per heavy atom. The third kappa shape index (κ3) is 4.56. The second kappa shape index (κ2) is 6.93. The Bertz CT molecular complexity index is 604. The van der Waals surface area contributed by atoms with Crippen molar-refractivity contribution in [2.24, 2.45) is 0 Å². The summed E-state index contributed by atoms with van der Waals surface area (Å²) in [5, 5.41) is 8.22. The molecule has 2 rings (SSSR count). The highest BCUT2D eigenvalue weighted by Gasteiger charge is 2.52. The summed E-state index contributed by atoms with van der Waals surface area (Å²) in [7, 11) is -0.524. The van der Waals surface area contributed by atoms with Gasteiger partial charge in [-0.3, -0.25) is 4.79 Å². The molecular weight excluding hydrogens is 335 g/mol. The van der Waals surface area contributed by atoms with Gasteiger partial charge in [0.25, 0.3) is 0 Å². The lowest BCUT2D eigenvalue weighted by atomic mass is 9.78. The highest BCUT2D eigenvalue weighted by molar-refractivity contribution is 8.13. The first-order valence-electron chi connectivity index (χ1n) is 7.29. The molecular formula is C15H20BClN2O3S. The molecule has 1 aromatic rings. The second-order valence-electron chi connectivity index (χ2n) is 6.37. The van der Waals surface area contributed by atoms with E-state index in [0.29, 0.717) is 16.6 Å². The van der Waals surface area contributed by atoms with Crippen molar-refractivity contribution < 1.29 is 14.1 Å². The van der Waals surface area contributed by atoms with Gasteiger partial charge in [-0.25, -0.2) is 0 Å². The molecule has 1 aromatic heterocycles. The zero-order valence-corrected chi connectivity index (χ0v) is 15.5. The molecule has 0 bridgehead atoms. The van der Waals surface area contributed by atoms with Crippen LogP contribution in [0.2, 0.25) is 5.15 Å². The minimum Gasteiger partial charge on any atom is -0.400 e. The number of hydrogen-bond acceptors (Lipinski definition) is 6. The minimum atomic E-state index is -0.524. The summed E-state index contributed by atoms with van der Waals surface area (Å²) >= 11 is 6.97. The molecule has 0 spiro atoms. The van der Waals surface area contributed by atoms with Crippen LogP contribution >= 0.6 is 23.4 Å². The highest BCUT2D eigenvalue weighted by atomic mass is 35.5. The monoisotopic (exact) mass is 354 g/mol. The molecule has 23 heavy (non-hydrogen) atoms. The zero-order valence-electron chi connectivity index (χ0n) is 13.9. The van der Waals surface area contributed by atoms with Crippen LogP contribution in [-0.2, 0) is 14.1 Å². The lowest BCUT2D eigenvalue weighted by Crippen LogP contribution is -2.41. The van der Waals surface area contributed by atoms with Crippen LogP contribution in [0.3, 0.4) is 0 Å². The lowest BCUT2D eigenvalue weighted by Gasteiger charge is -2.32. The van der Waals surface area contributed by atoms with Crippen molar-refractivity contribution in [3.63, 3.8) is 0 Å².